The van der Waals surface area contributed by atoms with Crippen molar-refractivity contribution < 1.29 is 24.5 Å². The maximum Gasteiger partial charge on any atom is 0.246 e. The predicted octanol–water partition coefficient (Wildman–Crippen LogP) is 2.32. The predicted molar refractivity (Wildman–Crippen MR) is 113 cm³/mol. The minimum Gasteiger partial charge on any atom is -0.507 e. The SMILES string of the molecule is CC1(C)Oc2ccc(/C=C/C(=O)N3CCCCC3)c(O)c2[C@H](N2CCOCC2)[C@H]1O. The molecule has 1 aromatic carbocycles. The first-order valence-electron chi connectivity index (χ1n) is 10.9. The lowest BCUT2D eigenvalue weighted by atomic mass is 9.84. The lowest BCUT2D eigenvalue weighted by Crippen LogP contribution is -2.55. The van der Waals surface area contributed by atoms with E-state index in [1.54, 1.807) is 12.1 Å². The number of carbonyl (C=O) groups is 1. The molecule has 164 valence electrons. The number of aliphatic hydroxyl groups excluding tert-OH is 1. The van der Waals surface area contributed by atoms with E-state index in [1.807, 2.05) is 24.8 Å². The van der Waals surface area contributed by atoms with Gasteiger partial charge in [-0.2, -0.15) is 0 Å². The number of nitrogens with zero attached hydrogens (tertiary/aromatic N) is 2. The van der Waals surface area contributed by atoms with Gasteiger partial charge in [0.1, 0.15) is 23.2 Å². The smallest absolute Gasteiger partial charge is 0.246 e. The van der Waals surface area contributed by atoms with Crippen LogP contribution in [0.25, 0.3) is 6.08 Å². The lowest BCUT2D eigenvalue weighted by Gasteiger charge is -2.47. The number of hydrogen-bond acceptors (Lipinski definition) is 6. The number of phenols is 1. The highest BCUT2D eigenvalue weighted by molar-refractivity contribution is 5.92. The second-order valence-electron chi connectivity index (χ2n) is 8.88. The Bertz CT molecular complexity index is 810. The summed E-state index contributed by atoms with van der Waals surface area (Å²) in [5.74, 6) is 0.592. The summed E-state index contributed by atoms with van der Waals surface area (Å²) in [5, 5.41) is 22.2. The van der Waals surface area contributed by atoms with Crippen LogP contribution >= 0.6 is 0 Å². The number of piperidine rings is 1. The summed E-state index contributed by atoms with van der Waals surface area (Å²) in [6.07, 6.45) is 5.62. The van der Waals surface area contributed by atoms with Crippen molar-refractivity contribution in [1.29, 1.82) is 0 Å². The molecular weight excluding hydrogens is 384 g/mol. The first-order chi connectivity index (χ1) is 14.4. The molecular formula is C23H32N2O5. The van der Waals surface area contributed by atoms with Gasteiger partial charge in [-0.3, -0.25) is 9.69 Å². The van der Waals surface area contributed by atoms with Crippen molar-refractivity contribution in [2.75, 3.05) is 39.4 Å². The number of aromatic hydroxyl groups is 1. The number of benzene rings is 1. The van der Waals surface area contributed by atoms with E-state index in [9.17, 15) is 15.0 Å². The fourth-order valence-corrected chi connectivity index (χ4v) is 4.62. The van der Waals surface area contributed by atoms with Crippen LogP contribution in [0.15, 0.2) is 18.2 Å². The first-order valence-corrected chi connectivity index (χ1v) is 10.9. The highest BCUT2D eigenvalue weighted by Gasteiger charge is 2.47. The standard InChI is InChI=1S/C23H32N2O5/c1-23(2)22(28)20(25-12-14-29-15-13-25)19-17(30-23)8-6-16(21(19)27)7-9-18(26)24-10-4-3-5-11-24/h6-9,20,22,27-28H,3-5,10-15H2,1-2H3/b9-7+/t20-,22+/m0/s1. The molecule has 0 radical (unpaired) electrons. The number of likely N-dealkylation sites (tertiary alicyclic amines) is 1. The van der Waals surface area contributed by atoms with E-state index in [-0.39, 0.29) is 11.7 Å². The zero-order valence-electron chi connectivity index (χ0n) is 17.8. The van der Waals surface area contributed by atoms with Gasteiger partial charge in [-0.15, -0.1) is 0 Å². The molecule has 0 spiro atoms. The van der Waals surface area contributed by atoms with E-state index >= 15 is 0 Å². The lowest BCUT2D eigenvalue weighted by molar-refractivity contribution is -0.126. The van der Waals surface area contributed by atoms with Crippen LogP contribution in [0.3, 0.4) is 0 Å². The van der Waals surface area contributed by atoms with Crippen molar-refractivity contribution in [2.45, 2.75) is 50.9 Å². The van der Waals surface area contributed by atoms with Crippen molar-refractivity contribution in [1.82, 2.24) is 9.80 Å². The highest BCUT2D eigenvalue weighted by atomic mass is 16.5. The first kappa shape index (κ1) is 21.2. The van der Waals surface area contributed by atoms with Gasteiger partial charge in [0.15, 0.2) is 0 Å². The maximum atomic E-state index is 12.5. The highest BCUT2D eigenvalue weighted by Crippen LogP contribution is 2.48. The molecule has 30 heavy (non-hydrogen) atoms. The molecule has 0 bridgehead atoms. The summed E-state index contributed by atoms with van der Waals surface area (Å²) in [4.78, 5) is 16.5. The molecule has 3 heterocycles. The molecule has 3 aliphatic rings. The van der Waals surface area contributed by atoms with Crippen molar-refractivity contribution in [3.63, 3.8) is 0 Å². The quantitative estimate of drug-likeness (QED) is 0.736. The number of aliphatic hydroxyl groups is 1. The van der Waals surface area contributed by atoms with E-state index in [0.29, 0.717) is 43.2 Å². The Morgan fingerprint density at radius 3 is 2.53 bits per heavy atom. The monoisotopic (exact) mass is 416 g/mol. The van der Waals surface area contributed by atoms with Crippen molar-refractivity contribution in [3.05, 3.63) is 29.3 Å². The van der Waals surface area contributed by atoms with Crippen LogP contribution in [0.2, 0.25) is 0 Å². The van der Waals surface area contributed by atoms with Crippen molar-refractivity contribution in [2.24, 2.45) is 0 Å². The van der Waals surface area contributed by atoms with E-state index in [1.165, 1.54) is 12.5 Å². The van der Waals surface area contributed by atoms with Gasteiger partial charge in [-0.05, 0) is 51.3 Å². The number of ether oxygens (including phenoxy) is 2. The number of hydrogen-bond donors (Lipinski definition) is 2. The largest absolute Gasteiger partial charge is 0.507 e. The van der Waals surface area contributed by atoms with E-state index < -0.39 is 17.7 Å². The minimum atomic E-state index is -0.816. The summed E-state index contributed by atoms with van der Waals surface area (Å²) in [6.45, 7) is 7.80. The molecule has 3 aliphatic heterocycles. The molecule has 0 aliphatic carbocycles. The molecule has 7 heteroatoms. The normalized spacial score (nSPS) is 27.0. The molecule has 0 saturated carbocycles. The molecule has 2 atom stereocenters. The fraction of sp³-hybridized carbons (Fsp3) is 0.609. The van der Waals surface area contributed by atoms with E-state index in [0.717, 1.165) is 25.9 Å². The second kappa shape index (κ2) is 8.57. The van der Waals surface area contributed by atoms with Crippen LogP contribution in [-0.2, 0) is 9.53 Å². The van der Waals surface area contributed by atoms with Gasteiger partial charge in [-0.1, -0.05) is 0 Å². The van der Waals surface area contributed by atoms with Gasteiger partial charge >= 0.3 is 0 Å². The zero-order valence-corrected chi connectivity index (χ0v) is 17.8. The van der Waals surface area contributed by atoms with Gasteiger partial charge in [0.25, 0.3) is 0 Å². The van der Waals surface area contributed by atoms with Crippen LogP contribution in [0.5, 0.6) is 11.5 Å². The number of rotatable bonds is 3. The summed E-state index contributed by atoms with van der Waals surface area (Å²) in [5.41, 5.74) is 0.341. The second-order valence-corrected chi connectivity index (χ2v) is 8.88. The molecule has 1 aromatic rings. The van der Waals surface area contributed by atoms with E-state index in [4.69, 9.17) is 9.47 Å². The van der Waals surface area contributed by atoms with Crippen LogP contribution in [0.1, 0.15) is 50.3 Å². The van der Waals surface area contributed by atoms with Crippen LogP contribution in [-0.4, -0.2) is 77.0 Å². The Balaban J connectivity index is 1.65. The van der Waals surface area contributed by atoms with Gasteiger partial charge < -0.3 is 24.6 Å². The van der Waals surface area contributed by atoms with Gasteiger partial charge in [0.2, 0.25) is 5.91 Å². The molecule has 2 saturated heterocycles. The zero-order chi connectivity index (χ0) is 21.3. The van der Waals surface area contributed by atoms with Gasteiger partial charge in [0, 0.05) is 37.8 Å². The number of phenolic OH excluding ortho intramolecular Hbond substituents is 1. The Morgan fingerprint density at radius 2 is 1.83 bits per heavy atom. The third-order valence-corrected chi connectivity index (χ3v) is 6.40. The Labute approximate surface area is 177 Å². The summed E-state index contributed by atoms with van der Waals surface area (Å²) in [7, 11) is 0. The molecule has 2 N–H and O–H groups in total. The molecule has 2 fully saturated rings. The topological polar surface area (TPSA) is 82.5 Å². The molecule has 1 amide bonds. The number of carbonyl (C=O) groups excluding carboxylic acids is 1. The average Bonchev–Trinajstić information content (AvgIpc) is 2.75. The maximum absolute atomic E-state index is 12.5. The van der Waals surface area contributed by atoms with Crippen molar-refractivity contribution >= 4 is 12.0 Å². The van der Waals surface area contributed by atoms with Crippen LogP contribution in [0, 0.1) is 0 Å². The van der Waals surface area contributed by atoms with Gasteiger partial charge in [0.05, 0.1) is 24.8 Å². The third-order valence-electron chi connectivity index (χ3n) is 6.40. The van der Waals surface area contributed by atoms with Gasteiger partial charge in [-0.25, -0.2) is 0 Å². The molecule has 4 rings (SSSR count). The Hall–Kier alpha value is -2.09. The third kappa shape index (κ3) is 4.06. The summed E-state index contributed by atoms with van der Waals surface area (Å²) in [6, 6.07) is 3.18. The van der Waals surface area contributed by atoms with E-state index in [2.05, 4.69) is 4.90 Å². The van der Waals surface area contributed by atoms with Crippen LogP contribution in [0.4, 0.5) is 0 Å². The molecule has 7 nitrogen and oxygen atoms in total. The molecule has 0 aromatic heterocycles. The summed E-state index contributed by atoms with van der Waals surface area (Å²) < 4.78 is 11.5. The summed E-state index contributed by atoms with van der Waals surface area (Å²) >= 11 is 0. The Morgan fingerprint density at radius 1 is 1.13 bits per heavy atom. The Kier molecular flexibility index (Phi) is 6.04. The number of fused-ring (bicyclic) bond motifs is 1. The minimum absolute atomic E-state index is 0.0334. The molecule has 0 unspecified atom stereocenters. The fourth-order valence-electron chi connectivity index (χ4n) is 4.62. The number of amides is 1. The van der Waals surface area contributed by atoms with Crippen LogP contribution < -0.4 is 4.74 Å². The van der Waals surface area contributed by atoms with Crippen molar-refractivity contribution in [3.8, 4) is 11.5 Å². The average molecular weight is 417 g/mol. The number of morpholine rings is 1.